The van der Waals surface area contributed by atoms with Gasteiger partial charge in [0, 0.05) is 24.3 Å². The number of aromatic amines is 1. The maximum absolute atomic E-state index is 10.3. The Bertz CT molecular complexity index is 478. The van der Waals surface area contributed by atoms with Gasteiger partial charge in [0.25, 0.3) is 0 Å². The molecule has 0 spiro atoms. The molecule has 0 unspecified atom stereocenters. The molecule has 0 aliphatic carbocycles. The van der Waals surface area contributed by atoms with E-state index in [-0.39, 0.29) is 6.54 Å². The number of carbonyl (C=O) groups is 1. The smallest absolute Gasteiger partial charge is 0.317 e. The summed E-state index contributed by atoms with van der Waals surface area (Å²) < 4.78 is 0. The molecule has 2 rings (SSSR count). The van der Waals surface area contributed by atoms with Crippen LogP contribution < -0.4 is 5.32 Å². The Morgan fingerprint density at radius 1 is 1.60 bits per heavy atom. The molecule has 5 nitrogen and oxygen atoms in total. The van der Waals surface area contributed by atoms with Crippen LogP contribution in [0, 0.1) is 0 Å². The molecular weight excluding hydrogens is 194 g/mol. The molecule has 0 bridgehead atoms. The lowest BCUT2D eigenvalue weighted by Crippen LogP contribution is -2.21. The van der Waals surface area contributed by atoms with Crippen LogP contribution in [0.3, 0.4) is 0 Å². The Labute approximate surface area is 86.1 Å². The molecule has 0 saturated carbocycles. The number of nitrogens with zero attached hydrogens (tertiary/aromatic N) is 1. The number of fused-ring (bicyclic) bond motifs is 1. The maximum atomic E-state index is 10.3. The van der Waals surface area contributed by atoms with Crippen molar-refractivity contribution >= 4 is 17.0 Å². The average molecular weight is 205 g/mol. The number of carboxylic acids is 1. The summed E-state index contributed by atoms with van der Waals surface area (Å²) in [5.41, 5.74) is 1.85. The minimum absolute atomic E-state index is 0.0348. The van der Waals surface area contributed by atoms with Crippen molar-refractivity contribution in [2.45, 2.75) is 6.54 Å². The quantitative estimate of drug-likeness (QED) is 0.687. The van der Waals surface area contributed by atoms with Crippen LogP contribution in [0.15, 0.2) is 24.5 Å². The average Bonchev–Trinajstić information content (AvgIpc) is 2.62. The van der Waals surface area contributed by atoms with Crippen molar-refractivity contribution in [2.75, 3.05) is 6.54 Å². The Balaban J connectivity index is 2.11. The number of pyridine rings is 1. The number of hydrogen-bond donors (Lipinski definition) is 3. The van der Waals surface area contributed by atoms with Gasteiger partial charge in [0.2, 0.25) is 0 Å². The van der Waals surface area contributed by atoms with E-state index >= 15 is 0 Å². The predicted octanol–water partition coefficient (Wildman–Crippen LogP) is 0.737. The van der Waals surface area contributed by atoms with E-state index in [2.05, 4.69) is 15.3 Å². The van der Waals surface area contributed by atoms with Gasteiger partial charge in [-0.3, -0.25) is 4.79 Å². The predicted molar refractivity (Wildman–Crippen MR) is 55.4 cm³/mol. The van der Waals surface area contributed by atoms with E-state index in [4.69, 9.17) is 5.11 Å². The Morgan fingerprint density at radius 3 is 3.27 bits per heavy atom. The SMILES string of the molecule is O=C(O)CNCc1c[nH]c2ncccc12. The molecule has 0 aliphatic heterocycles. The fourth-order valence-corrected chi connectivity index (χ4v) is 1.46. The standard InChI is InChI=1S/C10H11N3O2/c14-9(15)6-11-4-7-5-13-10-8(7)2-1-3-12-10/h1-3,5,11H,4,6H2,(H,12,13)(H,14,15). The molecule has 78 valence electrons. The third kappa shape index (κ3) is 2.13. The molecule has 0 aliphatic rings. The highest BCUT2D eigenvalue weighted by Gasteiger charge is 2.03. The summed E-state index contributed by atoms with van der Waals surface area (Å²) in [5.74, 6) is -0.854. The van der Waals surface area contributed by atoms with Gasteiger partial charge in [0.1, 0.15) is 5.65 Å². The molecular formula is C10H11N3O2. The van der Waals surface area contributed by atoms with E-state index < -0.39 is 5.97 Å². The van der Waals surface area contributed by atoms with Crippen LogP contribution in [0.2, 0.25) is 0 Å². The van der Waals surface area contributed by atoms with Crippen LogP contribution in [0.25, 0.3) is 11.0 Å². The first-order chi connectivity index (χ1) is 7.27. The number of nitrogens with one attached hydrogen (secondary N) is 2. The van der Waals surface area contributed by atoms with Gasteiger partial charge in [-0.2, -0.15) is 0 Å². The van der Waals surface area contributed by atoms with Crippen LogP contribution >= 0.6 is 0 Å². The second kappa shape index (κ2) is 4.10. The summed E-state index contributed by atoms with van der Waals surface area (Å²) in [6.45, 7) is 0.491. The minimum atomic E-state index is -0.854. The molecule has 3 N–H and O–H groups in total. The lowest BCUT2D eigenvalue weighted by Gasteiger charge is -1.99. The van der Waals surface area contributed by atoms with Gasteiger partial charge in [-0.15, -0.1) is 0 Å². The zero-order chi connectivity index (χ0) is 10.7. The largest absolute Gasteiger partial charge is 0.480 e. The van der Waals surface area contributed by atoms with Crippen LogP contribution in [0.5, 0.6) is 0 Å². The van der Waals surface area contributed by atoms with Gasteiger partial charge < -0.3 is 15.4 Å². The second-order valence-corrected chi connectivity index (χ2v) is 3.21. The van der Waals surface area contributed by atoms with Crippen molar-refractivity contribution in [3.05, 3.63) is 30.1 Å². The Morgan fingerprint density at radius 2 is 2.47 bits per heavy atom. The third-order valence-electron chi connectivity index (χ3n) is 2.13. The topological polar surface area (TPSA) is 78.0 Å². The lowest BCUT2D eigenvalue weighted by molar-refractivity contribution is -0.135. The van der Waals surface area contributed by atoms with Crippen molar-refractivity contribution < 1.29 is 9.90 Å². The van der Waals surface area contributed by atoms with Crippen molar-refractivity contribution in [3.8, 4) is 0 Å². The van der Waals surface area contributed by atoms with Crippen LogP contribution in [0.4, 0.5) is 0 Å². The fourth-order valence-electron chi connectivity index (χ4n) is 1.46. The van der Waals surface area contributed by atoms with Crippen LogP contribution in [-0.4, -0.2) is 27.6 Å². The van der Waals surface area contributed by atoms with Crippen LogP contribution in [0.1, 0.15) is 5.56 Å². The minimum Gasteiger partial charge on any atom is -0.480 e. The van der Waals surface area contributed by atoms with Crippen LogP contribution in [-0.2, 0) is 11.3 Å². The zero-order valence-electron chi connectivity index (χ0n) is 8.03. The monoisotopic (exact) mass is 205 g/mol. The highest BCUT2D eigenvalue weighted by atomic mass is 16.4. The summed E-state index contributed by atoms with van der Waals surface area (Å²) >= 11 is 0. The number of aromatic nitrogens is 2. The van der Waals surface area contributed by atoms with E-state index in [9.17, 15) is 4.79 Å². The van der Waals surface area contributed by atoms with E-state index in [1.165, 1.54) is 0 Å². The summed E-state index contributed by atoms with van der Waals surface area (Å²) in [7, 11) is 0. The summed E-state index contributed by atoms with van der Waals surface area (Å²) in [6.07, 6.45) is 3.56. The molecule has 2 aromatic rings. The van der Waals surface area contributed by atoms with Gasteiger partial charge in [0.05, 0.1) is 6.54 Å². The van der Waals surface area contributed by atoms with Crippen molar-refractivity contribution in [1.82, 2.24) is 15.3 Å². The number of carboxylic acid groups (broad SMARTS) is 1. The lowest BCUT2D eigenvalue weighted by atomic mass is 10.2. The van der Waals surface area contributed by atoms with Crippen molar-refractivity contribution in [1.29, 1.82) is 0 Å². The highest BCUT2D eigenvalue weighted by Crippen LogP contribution is 2.14. The first-order valence-corrected chi connectivity index (χ1v) is 4.61. The summed E-state index contributed by atoms with van der Waals surface area (Å²) in [5, 5.41) is 12.3. The second-order valence-electron chi connectivity index (χ2n) is 3.21. The summed E-state index contributed by atoms with van der Waals surface area (Å²) in [4.78, 5) is 17.5. The highest BCUT2D eigenvalue weighted by molar-refractivity contribution is 5.79. The van der Waals surface area contributed by atoms with Gasteiger partial charge >= 0.3 is 5.97 Å². The molecule has 0 saturated heterocycles. The van der Waals surface area contributed by atoms with E-state index in [1.54, 1.807) is 6.20 Å². The van der Waals surface area contributed by atoms with Crippen molar-refractivity contribution in [3.63, 3.8) is 0 Å². The maximum Gasteiger partial charge on any atom is 0.317 e. The normalized spacial score (nSPS) is 10.7. The molecule has 15 heavy (non-hydrogen) atoms. The molecule has 0 atom stereocenters. The molecule has 0 aromatic carbocycles. The first-order valence-electron chi connectivity index (χ1n) is 4.61. The van der Waals surface area contributed by atoms with E-state index in [1.807, 2.05) is 18.3 Å². The molecule has 0 radical (unpaired) electrons. The van der Waals surface area contributed by atoms with E-state index in [0.717, 1.165) is 16.6 Å². The molecule has 5 heteroatoms. The first kappa shape index (κ1) is 9.67. The van der Waals surface area contributed by atoms with Gasteiger partial charge in [0.15, 0.2) is 0 Å². The van der Waals surface area contributed by atoms with Crippen molar-refractivity contribution in [2.24, 2.45) is 0 Å². The van der Waals surface area contributed by atoms with Gasteiger partial charge in [-0.1, -0.05) is 0 Å². The Kier molecular flexibility index (Phi) is 2.64. The van der Waals surface area contributed by atoms with Gasteiger partial charge in [-0.05, 0) is 17.7 Å². The van der Waals surface area contributed by atoms with Gasteiger partial charge in [-0.25, -0.2) is 4.98 Å². The molecule has 0 fully saturated rings. The third-order valence-corrected chi connectivity index (χ3v) is 2.13. The van der Waals surface area contributed by atoms with E-state index in [0.29, 0.717) is 6.54 Å². The fraction of sp³-hybridized carbons (Fsp3) is 0.200. The molecule has 2 aromatic heterocycles. The number of rotatable bonds is 4. The zero-order valence-corrected chi connectivity index (χ0v) is 8.03. The number of hydrogen-bond acceptors (Lipinski definition) is 3. The number of aliphatic carboxylic acids is 1. The molecule has 2 heterocycles. The summed E-state index contributed by atoms with van der Waals surface area (Å²) in [6, 6.07) is 3.81. The number of H-pyrrole nitrogens is 1. The Hall–Kier alpha value is -1.88. The molecule has 0 amide bonds.